The highest BCUT2D eigenvalue weighted by atomic mass is 35.5. The molecule has 0 spiro atoms. The molecule has 26 heavy (non-hydrogen) atoms. The molecule has 0 radical (unpaired) electrons. The number of thiophene rings is 1. The molecule has 0 aliphatic carbocycles. The van der Waals surface area contributed by atoms with Crippen LogP contribution >= 0.6 is 22.9 Å². The van der Waals surface area contributed by atoms with Crippen molar-refractivity contribution in [2.24, 2.45) is 0 Å². The van der Waals surface area contributed by atoms with Crippen LogP contribution in [-0.2, 0) is 4.74 Å². The van der Waals surface area contributed by atoms with Crippen molar-refractivity contribution in [3.63, 3.8) is 0 Å². The first-order valence-electron chi connectivity index (χ1n) is 8.54. The molecular weight excluding hydrogens is 366 g/mol. The summed E-state index contributed by atoms with van der Waals surface area (Å²) in [6.07, 6.45) is 0. The number of halogens is 1. The van der Waals surface area contributed by atoms with Gasteiger partial charge in [-0.15, -0.1) is 11.3 Å². The molecule has 2 aromatic carbocycles. The van der Waals surface area contributed by atoms with Gasteiger partial charge in [-0.2, -0.15) is 0 Å². The second-order valence-electron chi connectivity index (χ2n) is 6.13. The zero-order chi connectivity index (χ0) is 17.9. The van der Waals surface area contributed by atoms with Crippen LogP contribution in [0.15, 0.2) is 60.7 Å². The van der Waals surface area contributed by atoms with Crippen LogP contribution < -0.4 is 4.90 Å². The van der Waals surface area contributed by atoms with Crippen molar-refractivity contribution in [1.82, 2.24) is 0 Å². The van der Waals surface area contributed by atoms with Crippen molar-refractivity contribution in [3.05, 3.63) is 76.1 Å². The summed E-state index contributed by atoms with van der Waals surface area (Å²) in [5, 5.41) is 1.77. The summed E-state index contributed by atoms with van der Waals surface area (Å²) >= 11 is 7.50. The van der Waals surface area contributed by atoms with E-state index in [9.17, 15) is 4.79 Å². The van der Waals surface area contributed by atoms with Gasteiger partial charge in [0.05, 0.1) is 23.1 Å². The van der Waals surface area contributed by atoms with Gasteiger partial charge in [0.1, 0.15) is 0 Å². The number of benzene rings is 2. The van der Waals surface area contributed by atoms with Crippen LogP contribution in [0.1, 0.15) is 15.2 Å². The van der Waals surface area contributed by atoms with Gasteiger partial charge in [0.25, 0.3) is 0 Å². The Kier molecular flexibility index (Phi) is 5.07. The van der Waals surface area contributed by atoms with Crippen molar-refractivity contribution >= 4 is 33.7 Å². The number of ether oxygens (including phenoxy) is 1. The van der Waals surface area contributed by atoms with Gasteiger partial charge in [-0.25, -0.2) is 0 Å². The molecule has 5 heteroatoms. The third-order valence-electron chi connectivity index (χ3n) is 4.43. The van der Waals surface area contributed by atoms with Crippen molar-refractivity contribution < 1.29 is 9.53 Å². The fraction of sp³-hybridized carbons (Fsp3) is 0.190. The molecule has 1 aliphatic rings. The quantitative estimate of drug-likeness (QED) is 0.584. The minimum Gasteiger partial charge on any atom is -0.378 e. The largest absolute Gasteiger partial charge is 0.378 e. The highest BCUT2D eigenvalue weighted by Crippen LogP contribution is 2.40. The molecular formula is C21H18ClNO2S. The molecule has 2 heterocycles. The number of ketones is 1. The number of nitrogens with zero attached hydrogens (tertiary/aromatic N) is 1. The maximum absolute atomic E-state index is 13.0. The highest BCUT2D eigenvalue weighted by Gasteiger charge is 2.22. The Morgan fingerprint density at radius 2 is 1.69 bits per heavy atom. The molecule has 0 unspecified atom stereocenters. The highest BCUT2D eigenvalue weighted by molar-refractivity contribution is 7.18. The Hall–Kier alpha value is -2.14. The van der Waals surface area contributed by atoms with Gasteiger partial charge >= 0.3 is 0 Å². The van der Waals surface area contributed by atoms with E-state index in [1.54, 1.807) is 35.6 Å². The minimum absolute atomic E-state index is 0.0309. The molecule has 0 N–H and O–H groups in total. The molecule has 3 nitrogen and oxygen atoms in total. The molecule has 0 bridgehead atoms. The standard InChI is InChI=1S/C21H18ClNO2S/c22-17-8-6-16(7-9-17)20(24)19-14-18(15-4-2-1-3-5-15)21(26-19)23-10-12-25-13-11-23/h1-9,14H,10-13H2. The Balaban J connectivity index is 1.75. The summed E-state index contributed by atoms with van der Waals surface area (Å²) in [7, 11) is 0. The van der Waals surface area contributed by atoms with Crippen molar-refractivity contribution in [2.75, 3.05) is 31.2 Å². The Morgan fingerprint density at radius 1 is 1.00 bits per heavy atom. The zero-order valence-corrected chi connectivity index (χ0v) is 15.7. The van der Waals surface area contributed by atoms with Crippen molar-refractivity contribution in [2.45, 2.75) is 0 Å². The molecule has 0 amide bonds. The Bertz CT molecular complexity index is 900. The van der Waals surface area contributed by atoms with Gasteiger partial charge in [0.2, 0.25) is 5.78 Å². The maximum atomic E-state index is 13.0. The lowest BCUT2D eigenvalue weighted by atomic mass is 10.1. The van der Waals surface area contributed by atoms with E-state index in [0.717, 1.165) is 34.1 Å². The monoisotopic (exact) mass is 383 g/mol. The van der Waals surface area contributed by atoms with Crippen LogP contribution in [-0.4, -0.2) is 32.1 Å². The molecule has 4 rings (SSSR count). The van der Waals surface area contributed by atoms with E-state index in [1.165, 1.54) is 0 Å². The fourth-order valence-corrected chi connectivity index (χ4v) is 4.38. The van der Waals surface area contributed by atoms with Gasteiger partial charge < -0.3 is 9.64 Å². The molecule has 1 aromatic heterocycles. The predicted molar refractivity (Wildman–Crippen MR) is 108 cm³/mol. The molecule has 1 fully saturated rings. The second-order valence-corrected chi connectivity index (χ2v) is 7.60. The van der Waals surface area contributed by atoms with Crippen molar-refractivity contribution in [1.29, 1.82) is 0 Å². The summed E-state index contributed by atoms with van der Waals surface area (Å²) in [6.45, 7) is 3.11. The summed E-state index contributed by atoms with van der Waals surface area (Å²) in [5.41, 5.74) is 2.89. The number of hydrogen-bond acceptors (Lipinski definition) is 4. The number of hydrogen-bond donors (Lipinski definition) is 0. The Morgan fingerprint density at radius 3 is 2.38 bits per heavy atom. The van der Waals surface area contributed by atoms with E-state index in [2.05, 4.69) is 17.0 Å². The average Bonchev–Trinajstić information content (AvgIpc) is 3.15. The number of anilines is 1. The first-order valence-corrected chi connectivity index (χ1v) is 9.74. The molecule has 3 aromatic rings. The van der Waals surface area contributed by atoms with Gasteiger partial charge in [0, 0.05) is 29.2 Å². The van der Waals surface area contributed by atoms with Gasteiger partial charge in [-0.1, -0.05) is 41.9 Å². The van der Waals surface area contributed by atoms with Gasteiger partial charge in [0.15, 0.2) is 0 Å². The topological polar surface area (TPSA) is 29.5 Å². The van der Waals surface area contributed by atoms with Crippen LogP contribution in [0.5, 0.6) is 0 Å². The fourth-order valence-electron chi connectivity index (χ4n) is 3.06. The zero-order valence-electron chi connectivity index (χ0n) is 14.2. The summed E-state index contributed by atoms with van der Waals surface area (Å²) in [5.74, 6) is 0.0309. The van der Waals surface area contributed by atoms with Crippen molar-refractivity contribution in [3.8, 4) is 11.1 Å². The van der Waals surface area contributed by atoms with Crippen LogP contribution in [0, 0.1) is 0 Å². The normalized spacial score (nSPS) is 14.4. The van der Waals surface area contributed by atoms with E-state index < -0.39 is 0 Å². The van der Waals surface area contributed by atoms with Crippen LogP contribution in [0.2, 0.25) is 5.02 Å². The van der Waals surface area contributed by atoms with E-state index in [0.29, 0.717) is 23.8 Å². The number of carbonyl (C=O) groups excluding carboxylic acids is 1. The van der Waals surface area contributed by atoms with Gasteiger partial charge in [-0.3, -0.25) is 4.79 Å². The third-order valence-corrected chi connectivity index (χ3v) is 5.87. The lowest BCUT2D eigenvalue weighted by Gasteiger charge is -2.28. The second kappa shape index (κ2) is 7.62. The molecule has 132 valence electrons. The lowest BCUT2D eigenvalue weighted by Crippen LogP contribution is -2.35. The van der Waals surface area contributed by atoms with E-state index in [-0.39, 0.29) is 5.78 Å². The van der Waals surface area contributed by atoms with E-state index in [4.69, 9.17) is 16.3 Å². The lowest BCUT2D eigenvalue weighted by molar-refractivity contribution is 0.104. The minimum atomic E-state index is 0.0309. The number of rotatable bonds is 4. The third kappa shape index (κ3) is 3.54. The molecule has 1 aliphatic heterocycles. The first kappa shape index (κ1) is 17.3. The molecule has 0 saturated carbocycles. The molecule has 1 saturated heterocycles. The van der Waals surface area contributed by atoms with Crippen LogP contribution in [0.4, 0.5) is 5.00 Å². The summed E-state index contributed by atoms with van der Waals surface area (Å²) in [4.78, 5) is 16.0. The smallest absolute Gasteiger partial charge is 0.203 e. The predicted octanol–water partition coefficient (Wildman–Crippen LogP) is 5.14. The van der Waals surface area contributed by atoms with E-state index >= 15 is 0 Å². The maximum Gasteiger partial charge on any atom is 0.203 e. The summed E-state index contributed by atoms with van der Waals surface area (Å²) in [6, 6.07) is 19.3. The van der Waals surface area contributed by atoms with Crippen LogP contribution in [0.25, 0.3) is 11.1 Å². The van der Waals surface area contributed by atoms with Gasteiger partial charge in [-0.05, 0) is 35.9 Å². The van der Waals surface area contributed by atoms with E-state index in [1.807, 2.05) is 24.3 Å². The molecule has 0 atom stereocenters. The SMILES string of the molecule is O=C(c1ccc(Cl)cc1)c1cc(-c2ccccc2)c(N2CCOCC2)s1. The Labute approximate surface area is 161 Å². The summed E-state index contributed by atoms with van der Waals surface area (Å²) < 4.78 is 5.49. The average molecular weight is 384 g/mol. The number of morpholine rings is 1. The first-order chi connectivity index (χ1) is 12.7. The van der Waals surface area contributed by atoms with Crippen LogP contribution in [0.3, 0.4) is 0 Å². The number of carbonyl (C=O) groups is 1.